The first-order valence-corrected chi connectivity index (χ1v) is 6.54. The Balaban J connectivity index is 2.75. The fourth-order valence-electron chi connectivity index (χ4n) is 1.98. The molecular weight excluding hydrogens is 244 g/mol. The Kier molecular flexibility index (Phi) is 4.94. The van der Waals surface area contributed by atoms with E-state index < -0.39 is 5.54 Å². The van der Waals surface area contributed by atoms with E-state index in [0.29, 0.717) is 6.42 Å². The minimum Gasteiger partial charge on any atom is -0.396 e. The topological polar surface area (TPSA) is 79.2 Å². The fourth-order valence-corrected chi connectivity index (χ4v) is 1.98. The molecule has 0 atom stereocenters. The molecule has 0 aromatic carbocycles. The quantitative estimate of drug-likeness (QED) is 0.762. The van der Waals surface area contributed by atoms with Gasteiger partial charge in [-0.1, -0.05) is 0 Å². The molecule has 6 heteroatoms. The summed E-state index contributed by atoms with van der Waals surface area (Å²) in [6.07, 6.45) is 0.507. The molecule has 0 aliphatic rings. The second-order valence-corrected chi connectivity index (χ2v) is 5.30. The maximum absolute atomic E-state index is 12.0. The van der Waals surface area contributed by atoms with E-state index in [1.54, 1.807) is 0 Å². The fraction of sp³-hybridized carbons (Fsp3) is 0.692. The lowest BCUT2D eigenvalue weighted by molar-refractivity contribution is 0.218. The van der Waals surface area contributed by atoms with Crippen molar-refractivity contribution in [2.24, 2.45) is 0 Å². The molecule has 0 bridgehead atoms. The molecule has 0 spiro atoms. The van der Waals surface area contributed by atoms with E-state index in [2.05, 4.69) is 15.7 Å². The predicted octanol–water partition coefficient (Wildman–Crippen LogP) is 1.80. The van der Waals surface area contributed by atoms with Gasteiger partial charge in [-0.2, -0.15) is 5.10 Å². The number of hydrogen-bond donors (Lipinski definition) is 3. The number of aromatic nitrogens is 2. The van der Waals surface area contributed by atoms with Crippen molar-refractivity contribution >= 4 is 11.7 Å². The number of nitrogens with zero attached hydrogens (tertiary/aromatic N) is 2. The van der Waals surface area contributed by atoms with Crippen molar-refractivity contribution in [2.75, 3.05) is 11.9 Å². The number of aliphatic hydroxyl groups is 1. The number of rotatable bonds is 5. The lowest BCUT2D eigenvalue weighted by atomic mass is 10.0. The third kappa shape index (κ3) is 3.96. The number of anilines is 1. The Hall–Kier alpha value is -1.56. The molecule has 0 fully saturated rings. The number of nitrogens with one attached hydrogen (secondary N) is 2. The third-order valence-electron chi connectivity index (χ3n) is 3.11. The molecule has 2 amide bonds. The maximum atomic E-state index is 12.0. The Morgan fingerprint density at radius 3 is 2.53 bits per heavy atom. The van der Waals surface area contributed by atoms with Gasteiger partial charge in [0.15, 0.2) is 0 Å². The minimum atomic E-state index is -0.443. The van der Waals surface area contributed by atoms with Crippen molar-refractivity contribution in [1.29, 1.82) is 0 Å². The highest BCUT2D eigenvalue weighted by Gasteiger charge is 2.21. The van der Waals surface area contributed by atoms with Crippen molar-refractivity contribution in [1.82, 2.24) is 15.1 Å². The summed E-state index contributed by atoms with van der Waals surface area (Å²) in [4.78, 5) is 12.0. The summed E-state index contributed by atoms with van der Waals surface area (Å²) in [5, 5.41) is 19.0. The monoisotopic (exact) mass is 268 g/mol. The summed E-state index contributed by atoms with van der Waals surface area (Å²) in [5.41, 5.74) is 2.05. The van der Waals surface area contributed by atoms with Crippen molar-refractivity contribution in [2.45, 2.75) is 53.1 Å². The smallest absolute Gasteiger partial charge is 0.319 e. The molecular formula is C13H24N4O2. The van der Waals surface area contributed by atoms with Crippen LogP contribution in [0, 0.1) is 13.8 Å². The van der Waals surface area contributed by atoms with E-state index >= 15 is 0 Å². The lowest BCUT2D eigenvalue weighted by Crippen LogP contribution is -2.46. The molecule has 0 unspecified atom stereocenters. The SMILES string of the molecule is CCn1nc(C)c(NC(=O)NC(C)(C)CCO)c1C. The van der Waals surface area contributed by atoms with E-state index in [1.807, 2.05) is 39.3 Å². The Labute approximate surface area is 114 Å². The zero-order valence-corrected chi connectivity index (χ0v) is 12.4. The highest BCUT2D eigenvalue weighted by atomic mass is 16.3. The average molecular weight is 268 g/mol. The zero-order valence-electron chi connectivity index (χ0n) is 12.4. The summed E-state index contributed by atoms with van der Waals surface area (Å²) in [6.45, 7) is 10.4. The molecule has 0 aliphatic carbocycles. The maximum Gasteiger partial charge on any atom is 0.319 e. The second kappa shape index (κ2) is 6.06. The van der Waals surface area contributed by atoms with Gasteiger partial charge in [0, 0.05) is 18.7 Å². The predicted molar refractivity (Wildman–Crippen MR) is 75.3 cm³/mol. The van der Waals surface area contributed by atoms with Gasteiger partial charge in [-0.05, 0) is 41.0 Å². The standard InChI is InChI=1S/C13H24N4O2/c1-6-17-10(3)11(9(2)16-17)14-12(19)15-13(4,5)7-8-18/h18H,6-8H2,1-5H3,(H2,14,15,19). The highest BCUT2D eigenvalue weighted by Crippen LogP contribution is 2.19. The van der Waals surface area contributed by atoms with E-state index in [1.165, 1.54) is 0 Å². The van der Waals surface area contributed by atoms with Gasteiger partial charge in [-0.25, -0.2) is 4.79 Å². The van der Waals surface area contributed by atoms with Crippen LogP contribution in [-0.4, -0.2) is 33.1 Å². The van der Waals surface area contributed by atoms with Gasteiger partial charge in [0.2, 0.25) is 0 Å². The van der Waals surface area contributed by atoms with Crippen LogP contribution in [0.3, 0.4) is 0 Å². The number of aryl methyl sites for hydroxylation is 2. The molecule has 0 radical (unpaired) electrons. The summed E-state index contributed by atoms with van der Waals surface area (Å²) in [5.74, 6) is 0. The molecule has 108 valence electrons. The highest BCUT2D eigenvalue weighted by molar-refractivity contribution is 5.90. The van der Waals surface area contributed by atoms with Crippen molar-refractivity contribution in [3.05, 3.63) is 11.4 Å². The molecule has 0 saturated heterocycles. The van der Waals surface area contributed by atoms with Gasteiger partial charge in [0.25, 0.3) is 0 Å². The number of carbonyl (C=O) groups excluding carboxylic acids is 1. The summed E-state index contributed by atoms with van der Waals surface area (Å²) < 4.78 is 1.85. The van der Waals surface area contributed by atoms with Gasteiger partial charge in [0.1, 0.15) is 0 Å². The van der Waals surface area contributed by atoms with Crippen LogP contribution in [-0.2, 0) is 6.54 Å². The summed E-state index contributed by atoms with van der Waals surface area (Å²) in [7, 11) is 0. The van der Waals surface area contributed by atoms with Gasteiger partial charge < -0.3 is 15.7 Å². The summed E-state index contributed by atoms with van der Waals surface area (Å²) >= 11 is 0. The molecule has 1 aromatic rings. The average Bonchev–Trinajstić information content (AvgIpc) is 2.55. The second-order valence-electron chi connectivity index (χ2n) is 5.30. The molecule has 19 heavy (non-hydrogen) atoms. The number of amides is 2. The van der Waals surface area contributed by atoms with Crippen molar-refractivity contribution in [3.8, 4) is 0 Å². The number of carbonyl (C=O) groups is 1. The zero-order chi connectivity index (χ0) is 14.6. The molecule has 0 saturated carbocycles. The first-order chi connectivity index (χ1) is 8.80. The van der Waals surface area contributed by atoms with E-state index in [4.69, 9.17) is 5.11 Å². The van der Waals surface area contributed by atoms with E-state index in [0.717, 1.165) is 23.6 Å². The van der Waals surface area contributed by atoms with Crippen LogP contribution in [0.2, 0.25) is 0 Å². The van der Waals surface area contributed by atoms with Crippen molar-refractivity contribution < 1.29 is 9.90 Å². The number of hydrogen-bond acceptors (Lipinski definition) is 3. The van der Waals surface area contributed by atoms with Gasteiger partial charge in [-0.15, -0.1) is 0 Å². The third-order valence-corrected chi connectivity index (χ3v) is 3.11. The molecule has 1 heterocycles. The number of urea groups is 1. The van der Waals surface area contributed by atoms with Crippen LogP contribution in [0.4, 0.5) is 10.5 Å². The first kappa shape index (κ1) is 15.5. The molecule has 1 aromatic heterocycles. The molecule has 1 rings (SSSR count). The Morgan fingerprint density at radius 2 is 2.05 bits per heavy atom. The minimum absolute atomic E-state index is 0.0408. The van der Waals surface area contributed by atoms with Gasteiger partial charge in [0.05, 0.1) is 17.1 Å². The molecule has 6 nitrogen and oxygen atoms in total. The Bertz CT molecular complexity index is 452. The van der Waals surface area contributed by atoms with Crippen LogP contribution in [0.1, 0.15) is 38.6 Å². The molecule has 3 N–H and O–H groups in total. The summed E-state index contributed by atoms with van der Waals surface area (Å²) in [6, 6.07) is -0.277. The van der Waals surface area contributed by atoms with Crippen LogP contribution in [0.25, 0.3) is 0 Å². The van der Waals surface area contributed by atoms with Crippen LogP contribution >= 0.6 is 0 Å². The first-order valence-electron chi connectivity index (χ1n) is 6.54. The molecule has 0 aliphatic heterocycles. The van der Waals surface area contributed by atoms with Crippen LogP contribution in [0.5, 0.6) is 0 Å². The van der Waals surface area contributed by atoms with Gasteiger partial charge >= 0.3 is 6.03 Å². The van der Waals surface area contributed by atoms with Crippen LogP contribution < -0.4 is 10.6 Å². The van der Waals surface area contributed by atoms with Crippen LogP contribution in [0.15, 0.2) is 0 Å². The number of aliphatic hydroxyl groups excluding tert-OH is 1. The van der Waals surface area contributed by atoms with E-state index in [9.17, 15) is 4.79 Å². The lowest BCUT2D eigenvalue weighted by Gasteiger charge is -2.25. The normalized spacial score (nSPS) is 11.5. The van der Waals surface area contributed by atoms with Crippen molar-refractivity contribution in [3.63, 3.8) is 0 Å². The largest absolute Gasteiger partial charge is 0.396 e. The van der Waals surface area contributed by atoms with E-state index in [-0.39, 0.29) is 12.6 Å². The van der Waals surface area contributed by atoms with Gasteiger partial charge in [-0.3, -0.25) is 4.68 Å². The Morgan fingerprint density at radius 1 is 1.42 bits per heavy atom.